The van der Waals surface area contributed by atoms with E-state index < -0.39 is 6.10 Å². The number of aliphatic hydroxyl groups excluding tert-OH is 1. The third kappa shape index (κ3) is 2.58. The fraction of sp³-hybridized carbons (Fsp3) is 0.211. The average Bonchev–Trinajstić information content (AvgIpc) is 2.93. The number of halogens is 1. The fourth-order valence-electron chi connectivity index (χ4n) is 3.36. The molecule has 1 aliphatic carbocycles. The van der Waals surface area contributed by atoms with Gasteiger partial charge in [-0.25, -0.2) is 4.98 Å². The zero-order valence-electron chi connectivity index (χ0n) is 13.3. The number of allylic oxidation sites excluding steroid dienone is 2. The van der Waals surface area contributed by atoms with Gasteiger partial charge in [-0.1, -0.05) is 29.8 Å². The molecule has 2 aromatic rings. The van der Waals surface area contributed by atoms with Crippen LogP contribution < -0.4 is 5.32 Å². The fourth-order valence-corrected chi connectivity index (χ4v) is 3.53. The van der Waals surface area contributed by atoms with Gasteiger partial charge < -0.3 is 15.0 Å². The summed E-state index contributed by atoms with van der Waals surface area (Å²) >= 11 is 6.24. The predicted octanol–water partition coefficient (Wildman–Crippen LogP) is 3.16. The van der Waals surface area contributed by atoms with Gasteiger partial charge in [0.25, 0.3) is 0 Å². The SMILES string of the molecule is Cn1cncc1C(O)C1=CC2=CC=CNC2Cc2ccc(Cl)cc21. The maximum Gasteiger partial charge on any atom is 0.121 e. The molecule has 1 aromatic heterocycles. The number of rotatable bonds is 2. The first kappa shape index (κ1) is 15.2. The molecule has 2 heterocycles. The summed E-state index contributed by atoms with van der Waals surface area (Å²) < 4.78 is 1.84. The zero-order chi connectivity index (χ0) is 16.7. The van der Waals surface area contributed by atoms with Crippen LogP contribution in [0.2, 0.25) is 5.02 Å². The second-order valence-electron chi connectivity index (χ2n) is 6.18. The standard InChI is InChI=1S/C19H18ClN3O/c1-23-11-21-10-18(23)19(24)16-7-13-3-2-6-22-17(13)8-12-4-5-14(20)9-15(12)16/h2-7,9-11,17,19,22,24H,8H2,1H3. The zero-order valence-corrected chi connectivity index (χ0v) is 14.0. The van der Waals surface area contributed by atoms with Gasteiger partial charge in [-0.2, -0.15) is 0 Å². The Bertz CT molecular complexity index is 878. The van der Waals surface area contributed by atoms with Crippen molar-refractivity contribution < 1.29 is 5.11 Å². The molecule has 2 N–H and O–H groups in total. The molecule has 2 aliphatic rings. The van der Waals surface area contributed by atoms with Crippen molar-refractivity contribution in [3.8, 4) is 0 Å². The van der Waals surface area contributed by atoms with E-state index in [1.165, 1.54) is 5.56 Å². The number of hydrogen-bond donors (Lipinski definition) is 2. The van der Waals surface area contributed by atoms with Crippen LogP contribution in [-0.4, -0.2) is 20.7 Å². The number of benzene rings is 1. The number of nitrogens with one attached hydrogen (secondary N) is 1. The number of nitrogens with zero attached hydrogens (tertiary/aromatic N) is 2. The Balaban J connectivity index is 1.89. The van der Waals surface area contributed by atoms with E-state index in [0.717, 1.165) is 28.8 Å². The van der Waals surface area contributed by atoms with E-state index in [1.807, 2.05) is 42.1 Å². The number of aromatic nitrogens is 2. The maximum atomic E-state index is 11.0. The highest BCUT2D eigenvalue weighted by atomic mass is 35.5. The lowest BCUT2D eigenvalue weighted by Crippen LogP contribution is -2.29. The van der Waals surface area contributed by atoms with Gasteiger partial charge in [-0.3, -0.25) is 0 Å². The highest BCUT2D eigenvalue weighted by Crippen LogP contribution is 2.38. The summed E-state index contributed by atoms with van der Waals surface area (Å²) in [7, 11) is 1.88. The van der Waals surface area contributed by atoms with Crippen LogP contribution in [0.3, 0.4) is 0 Å². The Morgan fingerprint density at radius 2 is 2.29 bits per heavy atom. The summed E-state index contributed by atoms with van der Waals surface area (Å²) in [5.74, 6) is 0. The summed E-state index contributed by atoms with van der Waals surface area (Å²) in [6.07, 6.45) is 11.6. The van der Waals surface area contributed by atoms with Crippen LogP contribution in [0.4, 0.5) is 0 Å². The van der Waals surface area contributed by atoms with Crippen molar-refractivity contribution in [3.63, 3.8) is 0 Å². The molecular formula is C19H18ClN3O. The number of aliphatic hydroxyl groups is 1. The van der Waals surface area contributed by atoms with Gasteiger partial charge in [0, 0.05) is 12.1 Å². The molecule has 1 aliphatic heterocycles. The van der Waals surface area contributed by atoms with Gasteiger partial charge in [0.1, 0.15) is 6.10 Å². The third-order valence-corrected chi connectivity index (χ3v) is 4.88. The minimum absolute atomic E-state index is 0.200. The number of fused-ring (bicyclic) bond motifs is 2. The normalized spacial score (nSPS) is 20.2. The Kier molecular flexibility index (Phi) is 3.79. The van der Waals surface area contributed by atoms with E-state index in [9.17, 15) is 5.11 Å². The maximum absolute atomic E-state index is 11.0. The molecule has 0 spiro atoms. The van der Waals surface area contributed by atoms with Gasteiger partial charge in [0.2, 0.25) is 0 Å². The quantitative estimate of drug-likeness (QED) is 0.883. The monoisotopic (exact) mass is 339 g/mol. The molecule has 0 bridgehead atoms. The Labute approximate surface area is 145 Å². The molecule has 4 nitrogen and oxygen atoms in total. The van der Waals surface area contributed by atoms with Gasteiger partial charge in [0.05, 0.1) is 24.3 Å². The molecule has 1 aromatic carbocycles. The molecule has 2 atom stereocenters. The molecule has 0 radical (unpaired) electrons. The first-order chi connectivity index (χ1) is 11.6. The lowest BCUT2D eigenvalue weighted by Gasteiger charge is -2.20. The summed E-state index contributed by atoms with van der Waals surface area (Å²) in [5, 5.41) is 15.1. The Morgan fingerprint density at radius 1 is 1.42 bits per heavy atom. The van der Waals surface area contributed by atoms with Crippen molar-refractivity contribution in [2.45, 2.75) is 18.6 Å². The number of imidazole rings is 1. The predicted molar refractivity (Wildman–Crippen MR) is 95.4 cm³/mol. The van der Waals surface area contributed by atoms with Crippen LogP contribution in [0, 0.1) is 0 Å². The Hall–Kier alpha value is -2.30. The largest absolute Gasteiger partial charge is 0.384 e. The number of aryl methyl sites for hydroxylation is 1. The first-order valence-corrected chi connectivity index (χ1v) is 8.29. The molecule has 24 heavy (non-hydrogen) atoms. The van der Waals surface area contributed by atoms with Gasteiger partial charge in [-0.05, 0) is 53.1 Å². The second-order valence-corrected chi connectivity index (χ2v) is 6.62. The summed E-state index contributed by atoms with van der Waals surface area (Å²) in [4.78, 5) is 4.13. The Morgan fingerprint density at radius 3 is 3.08 bits per heavy atom. The van der Waals surface area contributed by atoms with Crippen molar-refractivity contribution in [1.82, 2.24) is 14.9 Å². The number of hydrogen-bond acceptors (Lipinski definition) is 3. The molecule has 0 saturated carbocycles. The summed E-state index contributed by atoms with van der Waals surface area (Å²) in [6, 6.07) is 6.09. The van der Waals surface area contributed by atoms with Crippen LogP contribution in [0.5, 0.6) is 0 Å². The van der Waals surface area contributed by atoms with Crippen molar-refractivity contribution in [3.05, 3.63) is 82.6 Å². The summed E-state index contributed by atoms with van der Waals surface area (Å²) in [5.41, 5.74) is 4.92. The molecule has 0 fully saturated rings. The van der Waals surface area contributed by atoms with Crippen LogP contribution in [0.1, 0.15) is 22.9 Å². The van der Waals surface area contributed by atoms with E-state index >= 15 is 0 Å². The van der Waals surface area contributed by atoms with Crippen molar-refractivity contribution in [2.75, 3.05) is 0 Å². The van der Waals surface area contributed by atoms with Crippen molar-refractivity contribution >= 4 is 17.2 Å². The van der Waals surface area contributed by atoms with Gasteiger partial charge >= 0.3 is 0 Å². The molecule has 0 amide bonds. The first-order valence-electron chi connectivity index (χ1n) is 7.91. The van der Waals surface area contributed by atoms with Crippen LogP contribution in [0.25, 0.3) is 5.57 Å². The lowest BCUT2D eigenvalue weighted by molar-refractivity contribution is 0.229. The minimum Gasteiger partial charge on any atom is -0.384 e. The van der Waals surface area contributed by atoms with E-state index in [0.29, 0.717) is 5.02 Å². The van der Waals surface area contributed by atoms with Crippen LogP contribution in [-0.2, 0) is 13.5 Å². The van der Waals surface area contributed by atoms with E-state index in [2.05, 4.69) is 22.5 Å². The third-order valence-electron chi connectivity index (χ3n) is 4.64. The molecular weight excluding hydrogens is 322 g/mol. The highest BCUT2D eigenvalue weighted by molar-refractivity contribution is 6.30. The van der Waals surface area contributed by atoms with E-state index in [4.69, 9.17) is 11.6 Å². The van der Waals surface area contributed by atoms with Crippen LogP contribution >= 0.6 is 11.6 Å². The molecule has 2 unspecified atom stereocenters. The average molecular weight is 340 g/mol. The van der Waals surface area contributed by atoms with Crippen molar-refractivity contribution in [2.24, 2.45) is 7.05 Å². The minimum atomic E-state index is -0.764. The van der Waals surface area contributed by atoms with Crippen LogP contribution in [0.15, 0.2) is 60.7 Å². The molecule has 0 saturated heterocycles. The second kappa shape index (κ2) is 5.96. The lowest BCUT2D eigenvalue weighted by atomic mass is 9.94. The molecule has 4 rings (SSSR count). The van der Waals surface area contributed by atoms with E-state index in [1.54, 1.807) is 12.5 Å². The van der Waals surface area contributed by atoms with Gasteiger partial charge in [-0.15, -0.1) is 0 Å². The van der Waals surface area contributed by atoms with Crippen molar-refractivity contribution in [1.29, 1.82) is 0 Å². The topological polar surface area (TPSA) is 50.1 Å². The molecule has 5 heteroatoms. The highest BCUT2D eigenvalue weighted by Gasteiger charge is 2.27. The summed E-state index contributed by atoms with van der Waals surface area (Å²) in [6.45, 7) is 0. The number of dihydropyridines is 1. The smallest absolute Gasteiger partial charge is 0.121 e. The van der Waals surface area contributed by atoms with E-state index in [-0.39, 0.29) is 6.04 Å². The van der Waals surface area contributed by atoms with Gasteiger partial charge in [0.15, 0.2) is 0 Å². The molecule has 122 valence electrons.